The molecule has 0 atom stereocenters. The number of aromatic nitrogens is 3. The van der Waals surface area contributed by atoms with Crippen molar-refractivity contribution in [2.75, 3.05) is 35.5 Å². The van der Waals surface area contributed by atoms with E-state index in [1.54, 1.807) is 12.1 Å². The van der Waals surface area contributed by atoms with E-state index >= 15 is 0 Å². The Morgan fingerprint density at radius 2 is 1.70 bits per heavy atom. The average Bonchev–Trinajstić information content (AvgIpc) is 3.24. The van der Waals surface area contributed by atoms with Crippen LogP contribution in [-0.4, -0.2) is 49.9 Å². The van der Waals surface area contributed by atoms with Gasteiger partial charge >= 0.3 is 7.60 Å². The lowest BCUT2D eigenvalue weighted by molar-refractivity contribution is 0.286. The molecule has 0 radical (unpaired) electrons. The number of nitrogens with zero attached hydrogens (tertiary/aromatic N) is 3. The monoisotopic (exact) mass is 450 g/mol. The fourth-order valence-electron chi connectivity index (χ4n) is 3.00. The molecule has 3 aromatic rings. The van der Waals surface area contributed by atoms with Crippen molar-refractivity contribution in [3.05, 3.63) is 28.7 Å². The van der Waals surface area contributed by atoms with Gasteiger partial charge in [0.1, 0.15) is 22.7 Å². The highest BCUT2D eigenvalue weighted by molar-refractivity contribution is 7.71. The van der Waals surface area contributed by atoms with E-state index in [-0.39, 0.29) is 15.8 Å². The molecule has 0 amide bonds. The minimum absolute atomic E-state index is 0.133. The van der Waals surface area contributed by atoms with Crippen LogP contribution in [0.5, 0.6) is 17.2 Å². The lowest BCUT2D eigenvalue weighted by atomic mass is 10.1. The van der Waals surface area contributed by atoms with Crippen molar-refractivity contribution in [2.45, 2.75) is 0 Å². The van der Waals surface area contributed by atoms with E-state index in [1.165, 1.54) is 46.1 Å². The standard InChI is InChI=1S/C18H19N4O6PS/c1-24-12-6-10(7-13(25-2)16(12)26-3)15-11(8-19)17-20-14(29(23,27-4)28-5)9-22(17)18(30)21-15/h6-7,9,20H,1-5H3. The molecule has 2 aromatic heterocycles. The highest BCUT2D eigenvalue weighted by atomic mass is 32.1. The summed E-state index contributed by atoms with van der Waals surface area (Å²) in [5, 5.41) is 9.87. The summed E-state index contributed by atoms with van der Waals surface area (Å²) in [6, 6.07) is 5.45. The first-order valence-corrected chi connectivity index (χ1v) is 10.4. The molecule has 0 saturated heterocycles. The Bertz CT molecular complexity index is 1230. The molecule has 0 bridgehead atoms. The summed E-state index contributed by atoms with van der Waals surface area (Å²) in [5.41, 5.74) is 1.42. The summed E-state index contributed by atoms with van der Waals surface area (Å²) >= 11 is 5.39. The van der Waals surface area contributed by atoms with Gasteiger partial charge in [-0.15, -0.1) is 0 Å². The van der Waals surface area contributed by atoms with Crippen molar-refractivity contribution < 1.29 is 27.8 Å². The lowest BCUT2D eigenvalue weighted by Crippen LogP contribution is -2.08. The Labute approximate surface area is 177 Å². The maximum Gasteiger partial charge on any atom is 0.378 e. The molecule has 0 aliphatic rings. The molecular weight excluding hydrogens is 431 g/mol. The molecule has 158 valence electrons. The maximum atomic E-state index is 12.8. The number of nitriles is 1. The molecule has 2 heterocycles. The van der Waals surface area contributed by atoms with E-state index in [0.29, 0.717) is 34.2 Å². The predicted molar refractivity (Wildman–Crippen MR) is 111 cm³/mol. The number of aromatic amines is 1. The van der Waals surface area contributed by atoms with Crippen LogP contribution in [0.4, 0.5) is 0 Å². The molecule has 0 aliphatic carbocycles. The van der Waals surface area contributed by atoms with E-state index in [9.17, 15) is 9.83 Å². The van der Waals surface area contributed by atoms with Crippen molar-refractivity contribution >= 4 is 30.9 Å². The van der Waals surface area contributed by atoms with Gasteiger partial charge in [0.2, 0.25) is 10.5 Å². The number of rotatable bonds is 7. The van der Waals surface area contributed by atoms with Crippen molar-refractivity contribution in [2.24, 2.45) is 0 Å². The fourth-order valence-corrected chi connectivity index (χ4v) is 4.27. The minimum atomic E-state index is -3.60. The van der Waals surface area contributed by atoms with Gasteiger partial charge in [0.15, 0.2) is 11.5 Å². The van der Waals surface area contributed by atoms with E-state index < -0.39 is 7.60 Å². The summed E-state index contributed by atoms with van der Waals surface area (Å²) in [6.45, 7) is 0. The summed E-state index contributed by atoms with van der Waals surface area (Å²) in [6.07, 6.45) is 1.44. The zero-order chi connectivity index (χ0) is 22.1. The van der Waals surface area contributed by atoms with Crippen LogP contribution >= 0.6 is 19.8 Å². The number of H-pyrrole nitrogens is 1. The molecule has 1 N–H and O–H groups in total. The molecule has 0 saturated carbocycles. The smallest absolute Gasteiger partial charge is 0.378 e. The number of fused-ring (bicyclic) bond motifs is 1. The van der Waals surface area contributed by atoms with Crippen LogP contribution < -0.4 is 19.6 Å². The summed E-state index contributed by atoms with van der Waals surface area (Å²) in [5.74, 6) is 1.19. The van der Waals surface area contributed by atoms with Gasteiger partial charge in [0.05, 0.1) is 27.0 Å². The topological polar surface area (TPSA) is 120 Å². The van der Waals surface area contributed by atoms with Gasteiger partial charge in [0.25, 0.3) is 0 Å². The Hall–Kier alpha value is -2.90. The molecule has 0 aliphatic heterocycles. The second-order valence-corrected chi connectivity index (χ2v) is 8.44. The second kappa shape index (κ2) is 8.45. The Morgan fingerprint density at radius 1 is 1.10 bits per heavy atom. The van der Waals surface area contributed by atoms with Crippen molar-refractivity contribution in [3.8, 4) is 34.6 Å². The van der Waals surface area contributed by atoms with Crippen LogP contribution in [0, 0.1) is 16.1 Å². The van der Waals surface area contributed by atoms with Gasteiger partial charge in [-0.1, -0.05) is 0 Å². The third-order valence-corrected chi connectivity index (χ3v) is 6.52. The normalized spacial score (nSPS) is 11.3. The van der Waals surface area contributed by atoms with E-state index in [1.807, 2.05) is 0 Å². The van der Waals surface area contributed by atoms with Crippen LogP contribution in [0.3, 0.4) is 0 Å². The molecule has 12 heteroatoms. The largest absolute Gasteiger partial charge is 0.493 e. The first kappa shape index (κ1) is 21.8. The van der Waals surface area contributed by atoms with Crippen LogP contribution in [-0.2, 0) is 13.6 Å². The van der Waals surface area contributed by atoms with Gasteiger partial charge in [-0.05, 0) is 24.4 Å². The number of hydrogen-bond donors (Lipinski definition) is 1. The average molecular weight is 450 g/mol. The zero-order valence-electron chi connectivity index (χ0n) is 16.9. The minimum Gasteiger partial charge on any atom is -0.493 e. The third-order valence-electron chi connectivity index (χ3n) is 4.45. The highest BCUT2D eigenvalue weighted by Crippen LogP contribution is 2.45. The number of ether oxygens (including phenoxy) is 3. The molecule has 10 nitrogen and oxygen atoms in total. The summed E-state index contributed by atoms with van der Waals surface area (Å²) in [7, 11) is 3.40. The fraction of sp³-hybridized carbons (Fsp3) is 0.278. The van der Waals surface area contributed by atoms with Crippen molar-refractivity contribution in [1.29, 1.82) is 5.26 Å². The molecule has 0 fully saturated rings. The Kier molecular flexibility index (Phi) is 6.14. The van der Waals surface area contributed by atoms with Crippen molar-refractivity contribution in [1.82, 2.24) is 14.4 Å². The van der Waals surface area contributed by atoms with Gasteiger partial charge in [-0.25, -0.2) is 4.98 Å². The first-order valence-electron chi connectivity index (χ1n) is 8.45. The van der Waals surface area contributed by atoms with E-state index in [2.05, 4.69) is 16.0 Å². The maximum absolute atomic E-state index is 12.8. The number of hydrogen-bond acceptors (Lipinski definition) is 9. The van der Waals surface area contributed by atoms with E-state index in [0.717, 1.165) is 0 Å². The van der Waals surface area contributed by atoms with Gasteiger partial charge < -0.3 is 28.2 Å². The lowest BCUT2D eigenvalue weighted by Gasteiger charge is -2.14. The van der Waals surface area contributed by atoms with Crippen LogP contribution in [0.1, 0.15) is 5.56 Å². The first-order chi connectivity index (χ1) is 14.4. The second-order valence-electron chi connectivity index (χ2n) is 5.86. The number of nitrogens with one attached hydrogen (secondary N) is 1. The molecule has 3 rings (SSSR count). The van der Waals surface area contributed by atoms with Gasteiger partial charge in [-0.3, -0.25) is 8.97 Å². The van der Waals surface area contributed by atoms with Crippen LogP contribution in [0.15, 0.2) is 18.3 Å². The third kappa shape index (κ3) is 3.44. The zero-order valence-corrected chi connectivity index (χ0v) is 18.6. The van der Waals surface area contributed by atoms with E-state index in [4.69, 9.17) is 35.5 Å². The summed E-state index contributed by atoms with van der Waals surface area (Å²) < 4.78 is 40.5. The van der Waals surface area contributed by atoms with Gasteiger partial charge in [0, 0.05) is 26.0 Å². The van der Waals surface area contributed by atoms with Crippen molar-refractivity contribution in [3.63, 3.8) is 0 Å². The number of methoxy groups -OCH3 is 3. The Morgan fingerprint density at radius 3 is 2.17 bits per heavy atom. The molecule has 0 unspecified atom stereocenters. The molecule has 0 spiro atoms. The predicted octanol–water partition coefficient (Wildman–Crippen LogP) is 3.07. The van der Waals surface area contributed by atoms with Crippen LogP contribution in [0.25, 0.3) is 16.9 Å². The Balaban J connectivity index is 2.35. The molecular formula is C18H19N4O6PS. The quantitative estimate of drug-likeness (QED) is 0.428. The molecule has 30 heavy (non-hydrogen) atoms. The number of imidazole rings is 1. The molecule has 1 aromatic carbocycles. The van der Waals surface area contributed by atoms with Gasteiger partial charge in [-0.2, -0.15) is 5.26 Å². The highest BCUT2D eigenvalue weighted by Gasteiger charge is 2.29. The van der Waals surface area contributed by atoms with Crippen LogP contribution in [0.2, 0.25) is 0 Å². The SMILES string of the molecule is COc1cc(-c2nc(=S)n3cc(P(=O)(OC)OC)[nH]c3c2C#N)cc(OC)c1OC. The summed E-state index contributed by atoms with van der Waals surface area (Å²) in [4.78, 5) is 7.33. The number of benzene rings is 1.